The molecule has 1 aliphatic heterocycles. The van der Waals surface area contributed by atoms with Crippen LogP contribution in [0.15, 0.2) is 30.3 Å². The number of fused-ring (bicyclic) bond motifs is 1. The third-order valence-electron chi connectivity index (χ3n) is 3.42. The van der Waals surface area contributed by atoms with E-state index in [1.807, 2.05) is 44.2 Å². The molecule has 0 saturated carbocycles. The van der Waals surface area contributed by atoms with Gasteiger partial charge in [0, 0.05) is 18.3 Å². The molecule has 2 N–H and O–H groups in total. The second-order valence-corrected chi connectivity index (χ2v) is 5.00. The SMILES string of the molecule is Cc1cc(CNc2ccc3c(c2)OCO3)cc(C)c1O. The molecule has 2 aromatic carbocycles. The Hall–Kier alpha value is -2.36. The Morgan fingerprint density at radius 2 is 1.75 bits per heavy atom. The quantitative estimate of drug-likeness (QED) is 0.899. The Labute approximate surface area is 118 Å². The van der Waals surface area contributed by atoms with Crippen molar-refractivity contribution in [3.8, 4) is 17.2 Å². The van der Waals surface area contributed by atoms with Gasteiger partial charge in [0.15, 0.2) is 11.5 Å². The second-order valence-electron chi connectivity index (χ2n) is 5.00. The van der Waals surface area contributed by atoms with Gasteiger partial charge in [-0.05, 0) is 42.7 Å². The lowest BCUT2D eigenvalue weighted by atomic mass is 10.1. The number of rotatable bonds is 3. The maximum Gasteiger partial charge on any atom is 0.231 e. The van der Waals surface area contributed by atoms with Gasteiger partial charge in [0.05, 0.1) is 0 Å². The molecule has 2 aromatic rings. The Morgan fingerprint density at radius 1 is 1.05 bits per heavy atom. The van der Waals surface area contributed by atoms with Gasteiger partial charge in [-0.25, -0.2) is 0 Å². The fourth-order valence-corrected chi connectivity index (χ4v) is 2.36. The molecule has 0 unspecified atom stereocenters. The van der Waals surface area contributed by atoms with E-state index in [4.69, 9.17) is 9.47 Å². The molecular weight excluding hydrogens is 254 g/mol. The number of hydrogen-bond acceptors (Lipinski definition) is 4. The number of aromatic hydroxyl groups is 1. The van der Waals surface area contributed by atoms with Crippen molar-refractivity contribution in [2.75, 3.05) is 12.1 Å². The van der Waals surface area contributed by atoms with Gasteiger partial charge in [-0.15, -0.1) is 0 Å². The molecule has 0 radical (unpaired) electrons. The van der Waals surface area contributed by atoms with E-state index in [0.717, 1.165) is 33.9 Å². The molecule has 0 atom stereocenters. The smallest absolute Gasteiger partial charge is 0.231 e. The van der Waals surface area contributed by atoms with Gasteiger partial charge in [-0.3, -0.25) is 0 Å². The van der Waals surface area contributed by atoms with Crippen LogP contribution in [0.1, 0.15) is 16.7 Å². The summed E-state index contributed by atoms with van der Waals surface area (Å²) in [7, 11) is 0. The van der Waals surface area contributed by atoms with Crippen LogP contribution in [0.2, 0.25) is 0 Å². The normalized spacial score (nSPS) is 12.5. The zero-order valence-corrected chi connectivity index (χ0v) is 11.6. The first kappa shape index (κ1) is 12.7. The molecule has 0 amide bonds. The van der Waals surface area contributed by atoms with E-state index < -0.39 is 0 Å². The number of benzene rings is 2. The topological polar surface area (TPSA) is 50.7 Å². The van der Waals surface area contributed by atoms with Crippen molar-refractivity contribution in [3.05, 3.63) is 47.0 Å². The van der Waals surface area contributed by atoms with E-state index in [2.05, 4.69) is 5.32 Å². The standard InChI is InChI=1S/C16H17NO3/c1-10-5-12(6-11(2)16(10)18)8-17-13-3-4-14-15(7-13)20-9-19-14/h3-7,17-18H,8-9H2,1-2H3. The van der Waals surface area contributed by atoms with Crippen LogP contribution in [0.25, 0.3) is 0 Å². The van der Waals surface area contributed by atoms with Crippen molar-refractivity contribution in [2.24, 2.45) is 0 Å². The predicted octanol–water partition coefficient (Wildman–Crippen LogP) is 3.35. The summed E-state index contributed by atoms with van der Waals surface area (Å²) in [6.45, 7) is 4.80. The van der Waals surface area contributed by atoms with Gasteiger partial charge in [0.2, 0.25) is 6.79 Å². The van der Waals surface area contributed by atoms with E-state index >= 15 is 0 Å². The number of ether oxygens (including phenoxy) is 2. The molecule has 0 saturated heterocycles. The van der Waals surface area contributed by atoms with Crippen molar-refractivity contribution in [1.82, 2.24) is 0 Å². The van der Waals surface area contributed by atoms with E-state index in [9.17, 15) is 5.11 Å². The minimum atomic E-state index is 0.287. The molecule has 3 rings (SSSR count). The summed E-state index contributed by atoms with van der Waals surface area (Å²) in [5.41, 5.74) is 3.91. The van der Waals surface area contributed by atoms with Gasteiger partial charge in [-0.2, -0.15) is 0 Å². The molecule has 104 valence electrons. The first-order valence-corrected chi connectivity index (χ1v) is 6.56. The molecule has 0 fully saturated rings. The molecule has 1 aliphatic rings. The minimum Gasteiger partial charge on any atom is -0.507 e. The summed E-state index contributed by atoms with van der Waals surface area (Å²) in [6.07, 6.45) is 0. The molecule has 4 heteroatoms. The number of phenols is 1. The van der Waals surface area contributed by atoms with Crippen LogP contribution in [0, 0.1) is 13.8 Å². The van der Waals surface area contributed by atoms with Crippen LogP contribution >= 0.6 is 0 Å². The van der Waals surface area contributed by atoms with E-state index in [0.29, 0.717) is 12.3 Å². The highest BCUT2D eigenvalue weighted by atomic mass is 16.7. The van der Waals surface area contributed by atoms with Crippen LogP contribution in [-0.2, 0) is 6.54 Å². The van der Waals surface area contributed by atoms with E-state index in [-0.39, 0.29) is 6.79 Å². The Balaban J connectivity index is 1.73. The van der Waals surface area contributed by atoms with Gasteiger partial charge >= 0.3 is 0 Å². The summed E-state index contributed by atoms with van der Waals surface area (Å²) in [5, 5.41) is 13.1. The lowest BCUT2D eigenvalue weighted by molar-refractivity contribution is 0.174. The number of aryl methyl sites for hydroxylation is 2. The third-order valence-corrected chi connectivity index (χ3v) is 3.42. The zero-order chi connectivity index (χ0) is 14.1. The number of nitrogens with one attached hydrogen (secondary N) is 1. The van der Waals surface area contributed by atoms with Crippen molar-refractivity contribution >= 4 is 5.69 Å². The minimum absolute atomic E-state index is 0.287. The average molecular weight is 271 g/mol. The second kappa shape index (κ2) is 4.96. The van der Waals surface area contributed by atoms with Crippen molar-refractivity contribution in [3.63, 3.8) is 0 Å². The van der Waals surface area contributed by atoms with E-state index in [1.165, 1.54) is 0 Å². The molecule has 20 heavy (non-hydrogen) atoms. The molecular formula is C16H17NO3. The Bertz CT molecular complexity index is 629. The van der Waals surface area contributed by atoms with Crippen LogP contribution < -0.4 is 14.8 Å². The molecule has 1 heterocycles. The van der Waals surface area contributed by atoms with Crippen molar-refractivity contribution in [1.29, 1.82) is 0 Å². The maximum absolute atomic E-state index is 9.77. The first-order chi connectivity index (χ1) is 9.63. The third kappa shape index (κ3) is 2.37. The summed E-state index contributed by atoms with van der Waals surface area (Å²) in [4.78, 5) is 0. The predicted molar refractivity (Wildman–Crippen MR) is 77.5 cm³/mol. The lowest BCUT2D eigenvalue weighted by Crippen LogP contribution is -2.00. The fraction of sp³-hybridized carbons (Fsp3) is 0.250. The molecule has 0 aromatic heterocycles. The molecule has 4 nitrogen and oxygen atoms in total. The Kier molecular flexibility index (Phi) is 3.14. The molecule has 0 spiro atoms. The van der Waals surface area contributed by atoms with E-state index in [1.54, 1.807) is 0 Å². The van der Waals surface area contributed by atoms with Gasteiger partial charge < -0.3 is 19.9 Å². The largest absolute Gasteiger partial charge is 0.507 e. The summed E-state index contributed by atoms with van der Waals surface area (Å²) in [5.74, 6) is 1.93. The highest BCUT2D eigenvalue weighted by Crippen LogP contribution is 2.34. The summed E-state index contributed by atoms with van der Waals surface area (Å²) < 4.78 is 10.6. The summed E-state index contributed by atoms with van der Waals surface area (Å²) >= 11 is 0. The van der Waals surface area contributed by atoms with Gasteiger partial charge in [0.25, 0.3) is 0 Å². The van der Waals surface area contributed by atoms with Crippen LogP contribution in [0.5, 0.6) is 17.2 Å². The van der Waals surface area contributed by atoms with Gasteiger partial charge in [-0.1, -0.05) is 12.1 Å². The fourth-order valence-electron chi connectivity index (χ4n) is 2.36. The summed E-state index contributed by atoms with van der Waals surface area (Å²) in [6, 6.07) is 9.78. The monoisotopic (exact) mass is 271 g/mol. The van der Waals surface area contributed by atoms with Crippen LogP contribution in [-0.4, -0.2) is 11.9 Å². The van der Waals surface area contributed by atoms with Crippen molar-refractivity contribution in [2.45, 2.75) is 20.4 Å². The number of anilines is 1. The number of phenolic OH excluding ortho intramolecular Hbond substituents is 1. The van der Waals surface area contributed by atoms with Gasteiger partial charge in [0.1, 0.15) is 5.75 Å². The lowest BCUT2D eigenvalue weighted by Gasteiger charge is -2.10. The maximum atomic E-state index is 9.77. The average Bonchev–Trinajstić information content (AvgIpc) is 2.89. The Morgan fingerprint density at radius 3 is 2.50 bits per heavy atom. The first-order valence-electron chi connectivity index (χ1n) is 6.56. The zero-order valence-electron chi connectivity index (χ0n) is 11.6. The van der Waals surface area contributed by atoms with Crippen LogP contribution in [0.4, 0.5) is 5.69 Å². The van der Waals surface area contributed by atoms with Crippen LogP contribution in [0.3, 0.4) is 0 Å². The highest BCUT2D eigenvalue weighted by Gasteiger charge is 2.13. The highest BCUT2D eigenvalue weighted by molar-refractivity contribution is 5.56. The number of hydrogen-bond donors (Lipinski definition) is 2. The molecule has 0 aliphatic carbocycles. The molecule has 0 bridgehead atoms. The van der Waals surface area contributed by atoms with Crippen molar-refractivity contribution < 1.29 is 14.6 Å².